The Labute approximate surface area is 109 Å². The number of hydrogen-bond acceptors (Lipinski definition) is 3. The molecule has 0 aliphatic heterocycles. The lowest BCUT2D eigenvalue weighted by Crippen LogP contribution is -2.36. The fourth-order valence-electron chi connectivity index (χ4n) is 1.77. The van der Waals surface area contributed by atoms with E-state index in [1.807, 2.05) is 10.8 Å². The zero-order chi connectivity index (χ0) is 13.6. The van der Waals surface area contributed by atoms with Crippen molar-refractivity contribution in [2.24, 2.45) is 0 Å². The lowest BCUT2D eigenvalue weighted by atomic mass is 10.3. The lowest BCUT2D eigenvalue weighted by Gasteiger charge is -2.13. The molecule has 18 heavy (non-hydrogen) atoms. The van der Waals surface area contributed by atoms with Crippen molar-refractivity contribution >= 4 is 13.9 Å². The van der Waals surface area contributed by atoms with Gasteiger partial charge in [-0.25, -0.2) is 9.13 Å². The van der Waals surface area contributed by atoms with Crippen molar-refractivity contribution in [3.05, 3.63) is 24.8 Å². The van der Waals surface area contributed by atoms with Crippen LogP contribution in [-0.2, 0) is 20.0 Å². The van der Waals surface area contributed by atoms with Gasteiger partial charge < -0.3 is 0 Å². The molecule has 0 radical (unpaired) electrons. The van der Waals surface area contributed by atoms with Crippen LogP contribution in [0.4, 0.5) is 0 Å². The maximum atomic E-state index is 12.7. The molecule has 1 aromatic heterocycles. The summed E-state index contributed by atoms with van der Waals surface area (Å²) >= 11 is 0. The summed E-state index contributed by atoms with van der Waals surface area (Å²) in [5, 5.41) is 0. The van der Waals surface area contributed by atoms with Crippen molar-refractivity contribution in [1.29, 1.82) is 0 Å². The number of hydrogen-bond donors (Lipinski definition) is 0. The van der Waals surface area contributed by atoms with Crippen LogP contribution in [0.5, 0.6) is 0 Å². The predicted molar refractivity (Wildman–Crippen MR) is 71.3 cm³/mol. The fraction of sp³-hybridized carbons (Fsp3) is 0.583. The molecule has 0 N–H and O–H groups in total. The van der Waals surface area contributed by atoms with Crippen molar-refractivity contribution in [2.45, 2.75) is 33.6 Å². The highest BCUT2D eigenvalue weighted by molar-refractivity contribution is 7.46. The standard InChI is InChI=1S/C12H22N2O3P/c1-5-9-12-13(6-2)10-11-14(12)18(15,16-7-3)17-8-4/h6,10-11H,2,5,7-9H2,1,3-4H3/q+1. The van der Waals surface area contributed by atoms with Gasteiger partial charge in [-0.1, -0.05) is 13.5 Å². The summed E-state index contributed by atoms with van der Waals surface area (Å²) in [7, 11) is -3.28. The van der Waals surface area contributed by atoms with Crippen LogP contribution in [0.2, 0.25) is 0 Å². The smallest absolute Gasteiger partial charge is 0.274 e. The van der Waals surface area contributed by atoms with E-state index in [0.717, 1.165) is 18.7 Å². The molecule has 0 unspecified atom stereocenters. The minimum atomic E-state index is -3.28. The van der Waals surface area contributed by atoms with E-state index in [2.05, 4.69) is 13.5 Å². The first-order valence-electron chi connectivity index (χ1n) is 6.26. The van der Waals surface area contributed by atoms with Crippen molar-refractivity contribution in [1.82, 2.24) is 4.57 Å². The zero-order valence-corrected chi connectivity index (χ0v) is 12.2. The van der Waals surface area contributed by atoms with Gasteiger partial charge in [0.1, 0.15) is 12.4 Å². The van der Waals surface area contributed by atoms with Crippen LogP contribution < -0.4 is 4.34 Å². The Morgan fingerprint density at radius 3 is 2.44 bits per heavy atom. The largest absolute Gasteiger partial charge is 0.528 e. The van der Waals surface area contributed by atoms with Crippen LogP contribution in [-0.4, -0.2) is 17.8 Å². The van der Waals surface area contributed by atoms with Crippen molar-refractivity contribution in [3.63, 3.8) is 0 Å². The van der Waals surface area contributed by atoms with Crippen molar-refractivity contribution in [2.75, 3.05) is 13.2 Å². The monoisotopic (exact) mass is 273 g/mol. The summed E-state index contributed by atoms with van der Waals surface area (Å²) in [4.78, 5) is 0. The van der Waals surface area contributed by atoms with E-state index in [0.29, 0.717) is 13.2 Å². The summed E-state index contributed by atoms with van der Waals surface area (Å²) in [5.74, 6) is 0.873. The van der Waals surface area contributed by atoms with Gasteiger partial charge in [-0.05, 0) is 20.3 Å². The summed E-state index contributed by atoms with van der Waals surface area (Å²) in [6.07, 6.45) is 6.93. The van der Waals surface area contributed by atoms with Gasteiger partial charge >= 0.3 is 7.75 Å². The minimum Gasteiger partial charge on any atom is -0.274 e. The van der Waals surface area contributed by atoms with Crippen LogP contribution >= 0.6 is 7.75 Å². The molecule has 0 saturated heterocycles. The third kappa shape index (κ3) is 3.10. The molecule has 0 amide bonds. The highest BCUT2D eigenvalue weighted by Gasteiger charge is 2.36. The van der Waals surface area contributed by atoms with E-state index in [-0.39, 0.29) is 0 Å². The van der Waals surface area contributed by atoms with E-state index in [4.69, 9.17) is 9.05 Å². The lowest BCUT2D eigenvalue weighted by molar-refractivity contribution is -0.549. The number of imidazole rings is 1. The summed E-state index contributed by atoms with van der Waals surface area (Å²) in [5.41, 5.74) is 0. The Bertz CT molecular complexity index is 433. The molecular formula is C12H22N2O3P+. The summed E-state index contributed by atoms with van der Waals surface area (Å²) in [6.45, 7) is 10.1. The quantitative estimate of drug-likeness (QED) is 0.684. The molecule has 0 fully saturated rings. The van der Waals surface area contributed by atoms with Crippen LogP contribution in [0, 0.1) is 0 Å². The number of rotatable bonds is 8. The number of aromatic nitrogens is 2. The molecule has 5 nitrogen and oxygen atoms in total. The Morgan fingerprint density at radius 2 is 2.00 bits per heavy atom. The molecule has 1 heterocycles. The molecule has 1 rings (SSSR count). The molecule has 6 heteroatoms. The van der Waals surface area contributed by atoms with Gasteiger partial charge in [0, 0.05) is 6.42 Å². The minimum absolute atomic E-state index is 0.342. The first-order chi connectivity index (χ1) is 8.62. The third-order valence-corrected chi connectivity index (χ3v) is 4.51. The first-order valence-corrected chi connectivity index (χ1v) is 7.76. The highest BCUT2D eigenvalue weighted by atomic mass is 31.2. The molecule has 0 atom stereocenters. The van der Waals surface area contributed by atoms with Crippen LogP contribution in [0.1, 0.15) is 33.0 Å². The third-order valence-electron chi connectivity index (χ3n) is 2.45. The number of nitrogens with zero attached hydrogens (tertiary/aromatic N) is 2. The van der Waals surface area contributed by atoms with Crippen molar-refractivity contribution in [3.8, 4) is 0 Å². The van der Waals surface area contributed by atoms with Gasteiger partial charge in [0.25, 0.3) is 5.82 Å². The Morgan fingerprint density at radius 1 is 1.39 bits per heavy atom. The first kappa shape index (κ1) is 15.2. The van der Waals surface area contributed by atoms with Crippen LogP contribution in [0.15, 0.2) is 19.0 Å². The maximum Gasteiger partial charge on any atom is 0.528 e. The zero-order valence-electron chi connectivity index (χ0n) is 11.3. The second-order valence-electron chi connectivity index (χ2n) is 3.70. The Hall–Kier alpha value is -0.900. The summed E-state index contributed by atoms with van der Waals surface area (Å²) < 4.78 is 26.9. The molecular weight excluding hydrogens is 251 g/mol. The van der Waals surface area contributed by atoms with Crippen LogP contribution in [0.25, 0.3) is 6.20 Å². The molecule has 0 aromatic carbocycles. The van der Waals surface area contributed by atoms with E-state index in [9.17, 15) is 4.57 Å². The molecule has 0 bridgehead atoms. The van der Waals surface area contributed by atoms with Gasteiger partial charge in [0.15, 0.2) is 0 Å². The van der Waals surface area contributed by atoms with Crippen molar-refractivity contribution < 1.29 is 18.0 Å². The van der Waals surface area contributed by atoms with Gasteiger partial charge in [0.05, 0.1) is 19.4 Å². The van der Waals surface area contributed by atoms with E-state index in [1.165, 1.54) is 0 Å². The van der Waals surface area contributed by atoms with E-state index in [1.54, 1.807) is 30.6 Å². The highest BCUT2D eigenvalue weighted by Crippen LogP contribution is 2.43. The average molecular weight is 273 g/mol. The Balaban J connectivity index is 3.23. The van der Waals surface area contributed by atoms with E-state index >= 15 is 0 Å². The molecule has 0 aliphatic carbocycles. The summed E-state index contributed by atoms with van der Waals surface area (Å²) in [6, 6.07) is 0. The molecule has 102 valence electrons. The van der Waals surface area contributed by atoms with Gasteiger partial charge in [-0.3, -0.25) is 9.05 Å². The molecule has 0 aliphatic rings. The predicted octanol–water partition coefficient (Wildman–Crippen LogP) is 2.86. The van der Waals surface area contributed by atoms with Crippen LogP contribution in [0.3, 0.4) is 0 Å². The fourth-order valence-corrected chi connectivity index (χ4v) is 3.45. The molecule has 1 aromatic rings. The average Bonchev–Trinajstić information content (AvgIpc) is 2.74. The normalized spacial score (nSPS) is 11.7. The second-order valence-corrected chi connectivity index (χ2v) is 5.59. The molecule has 0 saturated carbocycles. The van der Waals surface area contributed by atoms with Gasteiger partial charge in [0.2, 0.25) is 0 Å². The van der Waals surface area contributed by atoms with E-state index < -0.39 is 7.75 Å². The topological polar surface area (TPSA) is 44.3 Å². The molecule has 0 spiro atoms. The maximum absolute atomic E-state index is 12.7. The second kappa shape index (κ2) is 6.88. The SMILES string of the molecule is C=Cn1cc[n+](P(=O)(OCC)OCC)c1CCC. The Kier molecular flexibility index (Phi) is 5.79. The van der Waals surface area contributed by atoms with Gasteiger partial charge in [-0.15, -0.1) is 4.34 Å². The van der Waals surface area contributed by atoms with Gasteiger partial charge in [-0.2, -0.15) is 0 Å².